The number of fused-ring (bicyclic) bond motifs is 1. The summed E-state index contributed by atoms with van der Waals surface area (Å²) in [5, 5.41) is 7.01. The summed E-state index contributed by atoms with van der Waals surface area (Å²) in [7, 11) is 0. The molecule has 0 aliphatic rings. The van der Waals surface area contributed by atoms with Gasteiger partial charge in [-0.05, 0) is 37.6 Å². The van der Waals surface area contributed by atoms with Crippen molar-refractivity contribution >= 4 is 17.2 Å². The van der Waals surface area contributed by atoms with E-state index in [1.54, 1.807) is 29.8 Å². The van der Waals surface area contributed by atoms with Crippen LogP contribution in [0.2, 0.25) is 0 Å². The van der Waals surface area contributed by atoms with Gasteiger partial charge < -0.3 is 10.1 Å². The lowest BCUT2D eigenvalue weighted by molar-refractivity contribution is -0.118. The molecule has 0 aliphatic heterocycles. The first-order valence-corrected chi connectivity index (χ1v) is 6.94. The predicted molar refractivity (Wildman–Crippen MR) is 83.0 cm³/mol. The second-order valence-corrected chi connectivity index (χ2v) is 4.95. The number of para-hydroxylation sites is 1. The van der Waals surface area contributed by atoms with Crippen LogP contribution >= 0.6 is 0 Å². The molecule has 0 spiro atoms. The van der Waals surface area contributed by atoms with E-state index in [0.717, 1.165) is 5.56 Å². The number of amides is 1. The normalized spacial score (nSPS) is 10.6. The fourth-order valence-corrected chi connectivity index (χ4v) is 2.16. The molecule has 0 saturated carbocycles. The molecule has 3 rings (SSSR count). The second kappa shape index (κ2) is 5.85. The summed E-state index contributed by atoms with van der Waals surface area (Å²) >= 11 is 0. The van der Waals surface area contributed by atoms with Crippen LogP contribution in [0.1, 0.15) is 11.4 Å². The first kappa shape index (κ1) is 14.1. The van der Waals surface area contributed by atoms with Crippen molar-refractivity contribution in [2.24, 2.45) is 0 Å². The fraction of sp³-hybridized carbons (Fsp3) is 0.188. The van der Waals surface area contributed by atoms with Crippen LogP contribution in [0.4, 0.5) is 5.69 Å². The van der Waals surface area contributed by atoms with Crippen molar-refractivity contribution in [2.45, 2.75) is 13.8 Å². The Labute approximate surface area is 127 Å². The van der Waals surface area contributed by atoms with Crippen LogP contribution in [0, 0.1) is 13.8 Å². The number of hydrogen-bond donors (Lipinski definition) is 1. The number of rotatable bonds is 4. The molecule has 2 aromatic heterocycles. The van der Waals surface area contributed by atoms with Crippen molar-refractivity contribution in [1.29, 1.82) is 0 Å². The summed E-state index contributed by atoms with van der Waals surface area (Å²) in [6.45, 7) is 3.69. The molecule has 3 aromatic rings. The van der Waals surface area contributed by atoms with Gasteiger partial charge in [-0.3, -0.25) is 4.79 Å². The number of ether oxygens (including phenoxy) is 1. The van der Waals surface area contributed by atoms with Crippen LogP contribution in [0.25, 0.3) is 5.65 Å². The van der Waals surface area contributed by atoms with Crippen molar-refractivity contribution in [3.63, 3.8) is 0 Å². The van der Waals surface area contributed by atoms with Crippen LogP contribution in [0.15, 0.2) is 42.6 Å². The lowest BCUT2D eigenvalue weighted by Gasteiger charge is -2.09. The quantitative estimate of drug-likeness (QED) is 0.802. The maximum absolute atomic E-state index is 12.1. The van der Waals surface area contributed by atoms with Gasteiger partial charge in [-0.2, -0.15) is 5.10 Å². The molecule has 0 aliphatic carbocycles. The Bertz CT molecular complexity index is 826. The zero-order valence-corrected chi connectivity index (χ0v) is 12.4. The summed E-state index contributed by atoms with van der Waals surface area (Å²) in [4.78, 5) is 16.3. The minimum absolute atomic E-state index is 0.0565. The van der Waals surface area contributed by atoms with E-state index in [1.165, 1.54) is 0 Å². The zero-order valence-electron chi connectivity index (χ0n) is 12.4. The van der Waals surface area contributed by atoms with E-state index in [1.807, 2.05) is 31.2 Å². The maximum Gasteiger partial charge on any atom is 0.262 e. The molecule has 1 N–H and O–H groups in total. The SMILES string of the molecule is Cc1nc2c(NC(=O)COc3ccccc3C)cccn2n1. The van der Waals surface area contributed by atoms with Crippen LogP contribution in [0.3, 0.4) is 0 Å². The number of anilines is 1. The monoisotopic (exact) mass is 296 g/mol. The molecule has 0 unspecified atom stereocenters. The average Bonchev–Trinajstić information content (AvgIpc) is 2.88. The third-order valence-electron chi connectivity index (χ3n) is 3.19. The molecule has 0 bridgehead atoms. The molecule has 2 heterocycles. The second-order valence-electron chi connectivity index (χ2n) is 4.95. The summed E-state index contributed by atoms with van der Waals surface area (Å²) in [5.41, 5.74) is 2.22. The third kappa shape index (κ3) is 2.90. The van der Waals surface area contributed by atoms with Gasteiger partial charge in [-0.1, -0.05) is 18.2 Å². The highest BCUT2D eigenvalue weighted by Crippen LogP contribution is 2.17. The molecule has 0 radical (unpaired) electrons. The Morgan fingerprint density at radius 3 is 2.86 bits per heavy atom. The van der Waals surface area contributed by atoms with Gasteiger partial charge in [0.2, 0.25) is 0 Å². The highest BCUT2D eigenvalue weighted by molar-refractivity contribution is 5.95. The van der Waals surface area contributed by atoms with E-state index in [9.17, 15) is 4.79 Å². The minimum Gasteiger partial charge on any atom is -0.483 e. The Morgan fingerprint density at radius 2 is 2.05 bits per heavy atom. The summed E-state index contributed by atoms with van der Waals surface area (Å²) in [6.07, 6.45) is 1.79. The summed E-state index contributed by atoms with van der Waals surface area (Å²) < 4.78 is 7.17. The van der Waals surface area contributed by atoms with Crippen LogP contribution < -0.4 is 10.1 Å². The molecule has 1 aromatic carbocycles. The molecular formula is C16H16N4O2. The Balaban J connectivity index is 1.70. The van der Waals surface area contributed by atoms with E-state index >= 15 is 0 Å². The topological polar surface area (TPSA) is 68.5 Å². The third-order valence-corrected chi connectivity index (χ3v) is 3.19. The van der Waals surface area contributed by atoms with Gasteiger partial charge in [0, 0.05) is 6.20 Å². The average molecular weight is 296 g/mol. The Morgan fingerprint density at radius 1 is 1.23 bits per heavy atom. The van der Waals surface area contributed by atoms with Crippen LogP contribution in [-0.2, 0) is 4.79 Å². The van der Waals surface area contributed by atoms with E-state index in [4.69, 9.17) is 4.74 Å². The molecule has 0 saturated heterocycles. The first-order valence-electron chi connectivity index (χ1n) is 6.94. The van der Waals surface area contributed by atoms with Gasteiger partial charge in [0.25, 0.3) is 5.91 Å². The molecule has 0 atom stereocenters. The van der Waals surface area contributed by atoms with Crippen molar-refractivity contribution in [3.05, 3.63) is 54.0 Å². The van der Waals surface area contributed by atoms with Crippen LogP contribution in [-0.4, -0.2) is 27.1 Å². The van der Waals surface area contributed by atoms with E-state index in [2.05, 4.69) is 15.4 Å². The molecule has 1 amide bonds. The number of nitrogens with one attached hydrogen (secondary N) is 1. The molecule has 6 heteroatoms. The number of nitrogens with zero attached hydrogens (tertiary/aromatic N) is 3. The minimum atomic E-state index is -0.239. The first-order chi connectivity index (χ1) is 10.6. The summed E-state index contributed by atoms with van der Waals surface area (Å²) in [5.74, 6) is 1.11. The van der Waals surface area contributed by atoms with Crippen molar-refractivity contribution < 1.29 is 9.53 Å². The zero-order chi connectivity index (χ0) is 15.5. The van der Waals surface area contributed by atoms with Gasteiger partial charge in [-0.25, -0.2) is 9.50 Å². The number of carbonyl (C=O) groups excluding carboxylic acids is 1. The van der Waals surface area contributed by atoms with Crippen molar-refractivity contribution in [3.8, 4) is 5.75 Å². The smallest absolute Gasteiger partial charge is 0.262 e. The number of benzene rings is 1. The van der Waals surface area contributed by atoms with Crippen LogP contribution in [0.5, 0.6) is 5.75 Å². The highest BCUT2D eigenvalue weighted by atomic mass is 16.5. The molecular weight excluding hydrogens is 280 g/mol. The van der Waals surface area contributed by atoms with Gasteiger partial charge in [-0.15, -0.1) is 0 Å². The largest absolute Gasteiger partial charge is 0.483 e. The van der Waals surface area contributed by atoms with E-state index in [0.29, 0.717) is 22.9 Å². The lowest BCUT2D eigenvalue weighted by atomic mass is 10.2. The summed E-state index contributed by atoms with van der Waals surface area (Å²) in [6, 6.07) is 11.2. The predicted octanol–water partition coefficient (Wildman–Crippen LogP) is 2.36. The lowest BCUT2D eigenvalue weighted by Crippen LogP contribution is -2.20. The van der Waals surface area contributed by atoms with E-state index < -0.39 is 0 Å². The number of pyridine rings is 1. The molecule has 6 nitrogen and oxygen atoms in total. The Kier molecular flexibility index (Phi) is 3.74. The Hall–Kier alpha value is -2.89. The van der Waals surface area contributed by atoms with Gasteiger partial charge in [0.15, 0.2) is 12.3 Å². The molecule has 22 heavy (non-hydrogen) atoms. The molecule has 0 fully saturated rings. The highest BCUT2D eigenvalue weighted by Gasteiger charge is 2.10. The standard InChI is InChI=1S/C16H16N4O2/c1-11-6-3-4-8-14(11)22-10-15(21)18-13-7-5-9-20-16(13)17-12(2)19-20/h3-9H,10H2,1-2H3,(H,18,21). The maximum atomic E-state index is 12.1. The van der Waals surface area contributed by atoms with Crippen molar-refractivity contribution in [2.75, 3.05) is 11.9 Å². The van der Waals surface area contributed by atoms with Gasteiger partial charge in [0.1, 0.15) is 11.6 Å². The van der Waals surface area contributed by atoms with E-state index in [-0.39, 0.29) is 12.5 Å². The number of aryl methyl sites for hydroxylation is 2. The number of hydrogen-bond acceptors (Lipinski definition) is 4. The van der Waals surface area contributed by atoms with Gasteiger partial charge in [0.05, 0.1) is 5.69 Å². The number of aromatic nitrogens is 3. The number of carbonyl (C=O) groups is 1. The fourth-order valence-electron chi connectivity index (χ4n) is 2.16. The van der Waals surface area contributed by atoms with Crippen molar-refractivity contribution in [1.82, 2.24) is 14.6 Å². The molecule has 112 valence electrons. The van der Waals surface area contributed by atoms with Gasteiger partial charge >= 0.3 is 0 Å².